The predicted octanol–water partition coefficient (Wildman–Crippen LogP) is 3.05. The van der Waals surface area contributed by atoms with Gasteiger partial charge in [0.1, 0.15) is 0 Å². The van der Waals surface area contributed by atoms with Gasteiger partial charge in [0.25, 0.3) is 5.91 Å². The first kappa shape index (κ1) is 20.9. The lowest BCUT2D eigenvalue weighted by Gasteiger charge is -2.38. The Bertz CT molecular complexity index is 496. The molecule has 1 saturated heterocycles. The summed E-state index contributed by atoms with van der Waals surface area (Å²) >= 11 is 0. The number of nitrogens with two attached hydrogens (primary N) is 1. The molecule has 4 nitrogen and oxygen atoms in total. The average Bonchev–Trinajstić information content (AvgIpc) is 2.56. The smallest absolute Gasteiger partial charge is 0.251 e. The highest BCUT2D eigenvalue weighted by molar-refractivity contribution is 5.94. The van der Waals surface area contributed by atoms with Crippen molar-refractivity contribution >= 4 is 18.3 Å². The van der Waals surface area contributed by atoms with Gasteiger partial charge in [0.05, 0.1) is 0 Å². The molecular formula is C19H32ClN3O. The molecule has 0 radical (unpaired) electrons. The first-order chi connectivity index (χ1) is 11.0. The van der Waals surface area contributed by atoms with Crippen molar-refractivity contribution in [3.05, 3.63) is 35.4 Å². The van der Waals surface area contributed by atoms with Crippen LogP contribution in [-0.2, 0) is 6.54 Å². The molecule has 0 bridgehead atoms. The van der Waals surface area contributed by atoms with Crippen molar-refractivity contribution in [3.63, 3.8) is 0 Å². The highest BCUT2D eigenvalue weighted by Gasteiger charge is 2.26. The van der Waals surface area contributed by atoms with Gasteiger partial charge >= 0.3 is 0 Å². The minimum absolute atomic E-state index is 0. The van der Waals surface area contributed by atoms with E-state index < -0.39 is 0 Å². The van der Waals surface area contributed by atoms with Crippen LogP contribution in [-0.4, -0.2) is 36.5 Å². The summed E-state index contributed by atoms with van der Waals surface area (Å²) in [6.45, 7) is 10.3. The largest absolute Gasteiger partial charge is 0.350 e. The molecule has 1 heterocycles. The lowest BCUT2D eigenvalue weighted by Crippen LogP contribution is -2.49. The minimum Gasteiger partial charge on any atom is -0.350 e. The first-order valence-electron chi connectivity index (χ1n) is 8.82. The third-order valence-corrected chi connectivity index (χ3v) is 4.98. The van der Waals surface area contributed by atoms with Crippen molar-refractivity contribution in [2.75, 3.05) is 19.6 Å². The Balaban J connectivity index is 0.00000288. The maximum atomic E-state index is 12.3. The monoisotopic (exact) mass is 353 g/mol. The van der Waals surface area contributed by atoms with Crippen LogP contribution in [0.5, 0.6) is 0 Å². The molecule has 24 heavy (non-hydrogen) atoms. The molecule has 1 aliphatic rings. The summed E-state index contributed by atoms with van der Waals surface area (Å²) in [6, 6.07) is 7.95. The van der Waals surface area contributed by atoms with E-state index in [1.807, 2.05) is 24.3 Å². The molecule has 1 aromatic carbocycles. The van der Waals surface area contributed by atoms with E-state index in [1.54, 1.807) is 0 Å². The molecule has 2 rings (SSSR count). The fourth-order valence-corrected chi connectivity index (χ4v) is 3.24. The number of amides is 1. The van der Waals surface area contributed by atoms with Gasteiger partial charge in [-0.3, -0.25) is 9.69 Å². The molecule has 1 aliphatic heterocycles. The molecule has 1 amide bonds. The predicted molar refractivity (Wildman–Crippen MR) is 103 cm³/mol. The molecule has 0 aromatic heterocycles. The number of benzene rings is 1. The van der Waals surface area contributed by atoms with Crippen molar-refractivity contribution in [2.24, 2.45) is 17.6 Å². The first-order valence-corrected chi connectivity index (χ1v) is 8.82. The lowest BCUT2D eigenvalue weighted by atomic mass is 9.94. The number of piperidine rings is 1. The summed E-state index contributed by atoms with van der Waals surface area (Å²) in [5, 5.41) is 3.11. The van der Waals surface area contributed by atoms with Crippen LogP contribution in [0, 0.1) is 11.8 Å². The number of halogens is 1. The second-order valence-corrected chi connectivity index (χ2v) is 7.14. The van der Waals surface area contributed by atoms with Crippen molar-refractivity contribution < 1.29 is 4.79 Å². The van der Waals surface area contributed by atoms with Crippen LogP contribution < -0.4 is 11.1 Å². The standard InChI is InChI=1S/C19H31N3O.ClH/c1-14(2)18(22-10-8-15(3)9-11-22)13-21-19(23)17-6-4-16(12-20)5-7-17;/h4-7,14-15,18H,8-13,20H2,1-3H3,(H,21,23);1H. The van der Waals surface area contributed by atoms with Gasteiger partial charge in [0, 0.05) is 24.7 Å². The molecule has 1 unspecified atom stereocenters. The number of hydrogen-bond acceptors (Lipinski definition) is 3. The van der Waals surface area contributed by atoms with E-state index in [-0.39, 0.29) is 18.3 Å². The molecule has 136 valence electrons. The summed E-state index contributed by atoms with van der Waals surface area (Å²) in [6.07, 6.45) is 2.52. The Labute approximate surface area is 152 Å². The zero-order chi connectivity index (χ0) is 16.8. The van der Waals surface area contributed by atoms with E-state index in [0.29, 0.717) is 30.6 Å². The Hall–Kier alpha value is -1.10. The van der Waals surface area contributed by atoms with Crippen LogP contribution >= 0.6 is 12.4 Å². The molecular weight excluding hydrogens is 322 g/mol. The zero-order valence-corrected chi connectivity index (χ0v) is 15.9. The minimum atomic E-state index is 0. The number of carbonyl (C=O) groups excluding carboxylic acids is 1. The maximum absolute atomic E-state index is 12.3. The van der Waals surface area contributed by atoms with E-state index in [1.165, 1.54) is 12.8 Å². The fraction of sp³-hybridized carbons (Fsp3) is 0.632. The molecule has 1 fully saturated rings. The van der Waals surface area contributed by atoms with Crippen LogP contribution in [0.1, 0.15) is 49.5 Å². The Morgan fingerprint density at radius 3 is 2.33 bits per heavy atom. The molecule has 0 spiro atoms. The van der Waals surface area contributed by atoms with E-state index in [9.17, 15) is 4.79 Å². The molecule has 0 aliphatic carbocycles. The van der Waals surface area contributed by atoms with Gasteiger partial charge in [0.2, 0.25) is 0 Å². The summed E-state index contributed by atoms with van der Waals surface area (Å²) in [5.41, 5.74) is 7.34. The van der Waals surface area contributed by atoms with Crippen LogP contribution in [0.3, 0.4) is 0 Å². The summed E-state index contributed by atoms with van der Waals surface area (Å²) < 4.78 is 0. The number of likely N-dealkylation sites (tertiary alicyclic amines) is 1. The number of carbonyl (C=O) groups is 1. The van der Waals surface area contributed by atoms with Gasteiger partial charge in [0.15, 0.2) is 0 Å². The normalized spacial score (nSPS) is 17.4. The molecule has 3 N–H and O–H groups in total. The van der Waals surface area contributed by atoms with Crippen LogP contribution in [0.25, 0.3) is 0 Å². The maximum Gasteiger partial charge on any atom is 0.251 e. The SMILES string of the molecule is CC1CCN(C(CNC(=O)c2ccc(CN)cc2)C(C)C)CC1.Cl. The Kier molecular flexibility index (Phi) is 8.74. The van der Waals surface area contributed by atoms with Gasteiger partial charge in [-0.05, 0) is 55.5 Å². The van der Waals surface area contributed by atoms with E-state index in [2.05, 4.69) is 31.0 Å². The second-order valence-electron chi connectivity index (χ2n) is 7.14. The molecule has 1 aromatic rings. The van der Waals surface area contributed by atoms with Crippen LogP contribution in [0.15, 0.2) is 24.3 Å². The third-order valence-electron chi connectivity index (χ3n) is 4.98. The fourth-order valence-electron chi connectivity index (χ4n) is 3.24. The topological polar surface area (TPSA) is 58.4 Å². The average molecular weight is 354 g/mol. The highest BCUT2D eigenvalue weighted by Crippen LogP contribution is 2.21. The summed E-state index contributed by atoms with van der Waals surface area (Å²) in [4.78, 5) is 14.9. The Morgan fingerprint density at radius 1 is 1.25 bits per heavy atom. The van der Waals surface area contributed by atoms with E-state index in [0.717, 1.165) is 24.6 Å². The molecule has 1 atom stereocenters. The number of rotatable bonds is 6. The Morgan fingerprint density at radius 2 is 1.83 bits per heavy atom. The third kappa shape index (κ3) is 5.76. The number of nitrogens with one attached hydrogen (secondary N) is 1. The van der Waals surface area contributed by atoms with Crippen molar-refractivity contribution in [2.45, 2.75) is 46.2 Å². The second kappa shape index (κ2) is 10.0. The van der Waals surface area contributed by atoms with Crippen molar-refractivity contribution in [1.29, 1.82) is 0 Å². The van der Waals surface area contributed by atoms with Crippen LogP contribution in [0.2, 0.25) is 0 Å². The van der Waals surface area contributed by atoms with Crippen LogP contribution in [0.4, 0.5) is 0 Å². The van der Waals surface area contributed by atoms with Crippen molar-refractivity contribution in [3.8, 4) is 0 Å². The van der Waals surface area contributed by atoms with Gasteiger partial charge in [-0.2, -0.15) is 0 Å². The number of hydrogen-bond donors (Lipinski definition) is 2. The summed E-state index contributed by atoms with van der Waals surface area (Å²) in [7, 11) is 0. The van der Waals surface area contributed by atoms with Gasteiger partial charge in [-0.25, -0.2) is 0 Å². The summed E-state index contributed by atoms with van der Waals surface area (Å²) in [5.74, 6) is 1.36. The van der Waals surface area contributed by atoms with E-state index >= 15 is 0 Å². The van der Waals surface area contributed by atoms with Gasteiger partial charge in [-0.15, -0.1) is 12.4 Å². The molecule has 0 saturated carbocycles. The zero-order valence-electron chi connectivity index (χ0n) is 15.1. The van der Waals surface area contributed by atoms with E-state index in [4.69, 9.17) is 5.73 Å². The highest BCUT2D eigenvalue weighted by atomic mass is 35.5. The number of nitrogens with zero attached hydrogens (tertiary/aromatic N) is 1. The quantitative estimate of drug-likeness (QED) is 0.826. The van der Waals surface area contributed by atoms with Gasteiger partial charge < -0.3 is 11.1 Å². The lowest BCUT2D eigenvalue weighted by molar-refractivity contribution is 0.0863. The van der Waals surface area contributed by atoms with Gasteiger partial charge in [-0.1, -0.05) is 32.9 Å². The van der Waals surface area contributed by atoms with Crippen molar-refractivity contribution in [1.82, 2.24) is 10.2 Å². The molecule has 5 heteroatoms.